The lowest BCUT2D eigenvalue weighted by Gasteiger charge is -2.09. The molecule has 6 heteroatoms. The Morgan fingerprint density at radius 3 is 2.59 bits per heavy atom. The van der Waals surface area contributed by atoms with Crippen LogP contribution in [0.2, 0.25) is 5.02 Å². The maximum Gasteiger partial charge on any atom is 0.311 e. The average Bonchev–Trinajstić information content (AvgIpc) is 2.48. The molecule has 0 saturated carbocycles. The Morgan fingerprint density at radius 2 is 1.95 bits per heavy atom. The molecule has 0 aliphatic heterocycles. The van der Waals surface area contributed by atoms with Gasteiger partial charge in [0, 0.05) is 0 Å². The minimum absolute atomic E-state index is 0.00415. The van der Waals surface area contributed by atoms with Crippen LogP contribution < -0.4 is 4.74 Å². The first-order valence-corrected chi connectivity index (χ1v) is 7.62. The van der Waals surface area contributed by atoms with Gasteiger partial charge in [0.1, 0.15) is 0 Å². The molecule has 1 rings (SSSR count). The summed E-state index contributed by atoms with van der Waals surface area (Å²) >= 11 is 5.74. The van der Waals surface area contributed by atoms with Crippen LogP contribution in [0, 0.1) is 11.7 Å². The van der Waals surface area contributed by atoms with Crippen molar-refractivity contribution in [1.82, 2.24) is 0 Å². The van der Waals surface area contributed by atoms with E-state index in [1.54, 1.807) is 0 Å². The van der Waals surface area contributed by atoms with E-state index < -0.39 is 17.8 Å². The summed E-state index contributed by atoms with van der Waals surface area (Å²) in [6, 6.07) is 3.96. The number of hydrogen-bond acceptors (Lipinski definition) is 4. The number of ether oxygens (including phenoxy) is 2. The molecule has 0 aromatic heterocycles. The van der Waals surface area contributed by atoms with Crippen LogP contribution in [0.1, 0.15) is 39.5 Å². The molecule has 0 fully saturated rings. The Morgan fingerprint density at radius 1 is 1.27 bits per heavy atom. The molecule has 0 N–H and O–H groups in total. The number of carbonyl (C=O) groups excluding carboxylic acids is 2. The van der Waals surface area contributed by atoms with Crippen molar-refractivity contribution >= 4 is 23.5 Å². The molecule has 0 bridgehead atoms. The lowest BCUT2D eigenvalue weighted by molar-refractivity contribution is -0.147. The minimum atomic E-state index is -0.731. The van der Waals surface area contributed by atoms with Crippen molar-refractivity contribution in [2.45, 2.75) is 39.5 Å². The molecule has 0 aliphatic rings. The van der Waals surface area contributed by atoms with E-state index in [1.165, 1.54) is 12.1 Å². The molecule has 0 aliphatic carbocycles. The summed E-state index contributed by atoms with van der Waals surface area (Å²) in [6.07, 6.45) is 1.52. The summed E-state index contributed by atoms with van der Waals surface area (Å²) in [6.45, 7) is 4.47. The molecule has 22 heavy (non-hydrogen) atoms. The lowest BCUT2D eigenvalue weighted by Crippen LogP contribution is -2.14. The molecule has 0 saturated heterocycles. The van der Waals surface area contributed by atoms with Gasteiger partial charge in [0.2, 0.25) is 0 Å². The Hall–Kier alpha value is -1.62. The Balaban J connectivity index is 2.32. The van der Waals surface area contributed by atoms with Crippen LogP contribution in [0.4, 0.5) is 4.39 Å². The Labute approximate surface area is 134 Å². The lowest BCUT2D eigenvalue weighted by atomic mass is 10.1. The molecule has 122 valence electrons. The van der Waals surface area contributed by atoms with E-state index in [0.717, 1.165) is 18.9 Å². The highest BCUT2D eigenvalue weighted by molar-refractivity contribution is 6.32. The first kappa shape index (κ1) is 18.4. The van der Waals surface area contributed by atoms with E-state index in [0.29, 0.717) is 12.5 Å². The predicted octanol–water partition coefficient (Wildman–Crippen LogP) is 4.14. The monoisotopic (exact) mass is 330 g/mol. The first-order valence-electron chi connectivity index (χ1n) is 7.24. The minimum Gasteiger partial charge on any atom is -0.466 e. The van der Waals surface area contributed by atoms with Crippen molar-refractivity contribution in [2.75, 3.05) is 6.61 Å². The normalized spacial score (nSPS) is 11.8. The second-order valence-corrected chi connectivity index (χ2v) is 5.45. The van der Waals surface area contributed by atoms with Gasteiger partial charge in [-0.15, -0.1) is 0 Å². The fraction of sp³-hybridized carbons (Fsp3) is 0.500. The van der Waals surface area contributed by atoms with Crippen LogP contribution in [-0.2, 0) is 14.3 Å². The summed E-state index contributed by atoms with van der Waals surface area (Å²) in [5.74, 6) is -1.76. The topological polar surface area (TPSA) is 52.6 Å². The molecule has 1 atom stereocenters. The fourth-order valence-corrected chi connectivity index (χ4v) is 1.80. The Kier molecular flexibility index (Phi) is 7.88. The number of carbonyl (C=O) groups is 2. The van der Waals surface area contributed by atoms with Gasteiger partial charge >= 0.3 is 11.9 Å². The second kappa shape index (κ2) is 9.41. The molecule has 1 aromatic carbocycles. The van der Waals surface area contributed by atoms with E-state index in [9.17, 15) is 14.0 Å². The van der Waals surface area contributed by atoms with Crippen LogP contribution in [0.15, 0.2) is 18.2 Å². The zero-order chi connectivity index (χ0) is 16.5. The quantitative estimate of drug-likeness (QED) is 0.531. The van der Waals surface area contributed by atoms with Gasteiger partial charge in [-0.25, -0.2) is 4.39 Å². The number of esters is 2. The third kappa shape index (κ3) is 6.43. The van der Waals surface area contributed by atoms with Gasteiger partial charge in [-0.1, -0.05) is 37.9 Å². The Bertz CT molecular complexity index is 499. The second-order valence-electron chi connectivity index (χ2n) is 5.05. The molecular weight excluding hydrogens is 311 g/mol. The number of halogens is 2. The van der Waals surface area contributed by atoms with E-state index in [4.69, 9.17) is 21.1 Å². The molecule has 0 amide bonds. The summed E-state index contributed by atoms with van der Waals surface area (Å²) < 4.78 is 23.3. The first-order chi connectivity index (χ1) is 10.4. The zero-order valence-electron chi connectivity index (χ0n) is 12.7. The highest BCUT2D eigenvalue weighted by Gasteiger charge is 2.15. The van der Waals surface area contributed by atoms with Crippen molar-refractivity contribution in [1.29, 1.82) is 0 Å². The van der Waals surface area contributed by atoms with Crippen molar-refractivity contribution < 1.29 is 23.5 Å². The third-order valence-corrected chi connectivity index (χ3v) is 3.54. The largest absolute Gasteiger partial charge is 0.466 e. The van der Waals surface area contributed by atoms with Gasteiger partial charge in [-0.2, -0.15) is 0 Å². The number of hydrogen-bond donors (Lipinski definition) is 0. The van der Waals surface area contributed by atoms with Gasteiger partial charge in [0.15, 0.2) is 11.6 Å². The number of benzene rings is 1. The molecule has 0 heterocycles. The van der Waals surface area contributed by atoms with Crippen LogP contribution in [0.3, 0.4) is 0 Å². The van der Waals surface area contributed by atoms with E-state index in [2.05, 4.69) is 13.8 Å². The smallest absolute Gasteiger partial charge is 0.311 e. The number of rotatable bonds is 8. The van der Waals surface area contributed by atoms with Gasteiger partial charge in [0.05, 0.1) is 24.5 Å². The van der Waals surface area contributed by atoms with Crippen LogP contribution >= 0.6 is 11.6 Å². The van der Waals surface area contributed by atoms with E-state index in [1.807, 2.05) is 0 Å². The predicted molar refractivity (Wildman–Crippen MR) is 81.3 cm³/mol. The molecular formula is C16H20ClFO4. The fourth-order valence-electron chi connectivity index (χ4n) is 1.60. The number of para-hydroxylation sites is 1. The van der Waals surface area contributed by atoms with E-state index >= 15 is 0 Å². The highest BCUT2D eigenvalue weighted by atomic mass is 35.5. The summed E-state index contributed by atoms with van der Waals surface area (Å²) in [7, 11) is 0. The SMILES string of the molecule is CCC(C)CCOC(=O)CCC(=O)Oc1c(F)cccc1Cl. The average molecular weight is 331 g/mol. The highest BCUT2D eigenvalue weighted by Crippen LogP contribution is 2.27. The van der Waals surface area contributed by atoms with Crippen molar-refractivity contribution in [2.24, 2.45) is 5.92 Å². The summed E-state index contributed by atoms with van der Waals surface area (Å²) in [5, 5.41) is 0.00415. The maximum atomic E-state index is 13.4. The summed E-state index contributed by atoms with van der Waals surface area (Å²) in [5.41, 5.74) is 0. The molecule has 4 nitrogen and oxygen atoms in total. The molecule has 1 aromatic rings. The standard InChI is InChI=1S/C16H20ClFO4/c1-3-11(2)9-10-21-14(19)7-8-15(20)22-16-12(17)5-4-6-13(16)18/h4-6,11H,3,7-10H2,1-2H3. The van der Waals surface area contributed by atoms with Gasteiger partial charge < -0.3 is 9.47 Å². The molecule has 0 spiro atoms. The zero-order valence-corrected chi connectivity index (χ0v) is 13.5. The van der Waals surface area contributed by atoms with Crippen LogP contribution in [-0.4, -0.2) is 18.5 Å². The van der Waals surface area contributed by atoms with Crippen molar-refractivity contribution in [3.63, 3.8) is 0 Å². The van der Waals surface area contributed by atoms with Gasteiger partial charge in [0.25, 0.3) is 0 Å². The molecule has 0 radical (unpaired) electrons. The summed E-state index contributed by atoms with van der Waals surface area (Å²) in [4.78, 5) is 23.1. The third-order valence-electron chi connectivity index (χ3n) is 3.24. The van der Waals surface area contributed by atoms with Crippen LogP contribution in [0.5, 0.6) is 5.75 Å². The van der Waals surface area contributed by atoms with Gasteiger partial charge in [-0.3, -0.25) is 9.59 Å². The maximum absolute atomic E-state index is 13.4. The van der Waals surface area contributed by atoms with Crippen molar-refractivity contribution in [3.8, 4) is 5.75 Å². The van der Waals surface area contributed by atoms with E-state index in [-0.39, 0.29) is 23.6 Å². The van der Waals surface area contributed by atoms with Crippen LogP contribution in [0.25, 0.3) is 0 Å². The van der Waals surface area contributed by atoms with Crippen molar-refractivity contribution in [3.05, 3.63) is 29.0 Å². The molecule has 1 unspecified atom stereocenters. The van der Waals surface area contributed by atoms with Gasteiger partial charge in [-0.05, 0) is 24.5 Å².